The van der Waals surface area contributed by atoms with Gasteiger partial charge < -0.3 is 29.3 Å². The van der Waals surface area contributed by atoms with Crippen molar-refractivity contribution in [3.05, 3.63) is 35.7 Å². The molecule has 0 bridgehead atoms. The number of hydrogen-bond donors (Lipinski definition) is 1. The number of nitrogens with zero attached hydrogens (tertiary/aromatic N) is 4. The summed E-state index contributed by atoms with van der Waals surface area (Å²) in [4.78, 5) is 41.0. The number of carbonyl (C=O) groups excluding carboxylic acids is 3. The summed E-state index contributed by atoms with van der Waals surface area (Å²) in [5.41, 5.74) is 1.44. The zero-order valence-electron chi connectivity index (χ0n) is 20.2. The van der Waals surface area contributed by atoms with E-state index in [-0.39, 0.29) is 17.9 Å². The number of rotatable bonds is 7. The summed E-state index contributed by atoms with van der Waals surface area (Å²) in [6.45, 7) is 7.26. The number of ether oxygens (including phenoxy) is 3. The summed E-state index contributed by atoms with van der Waals surface area (Å²) >= 11 is 0. The first kappa shape index (κ1) is 24.9. The third-order valence-corrected chi connectivity index (χ3v) is 5.65. The monoisotopic (exact) mass is 473 g/mol. The summed E-state index contributed by atoms with van der Waals surface area (Å²) in [5, 5.41) is 7.27. The summed E-state index contributed by atoms with van der Waals surface area (Å²) in [6.07, 6.45) is 1.28. The largest absolute Gasteiger partial charge is 0.497 e. The molecule has 0 aliphatic carbocycles. The maximum Gasteiger partial charge on any atom is 0.409 e. The minimum atomic E-state index is -0.574. The molecule has 1 aliphatic heterocycles. The van der Waals surface area contributed by atoms with E-state index < -0.39 is 6.04 Å². The standard InChI is InChI=1S/C23H31N5O6/c1-6-34-23(31)27-9-7-26(8-10-27)22(30)16(3)28-14-20(15(2)25-28)24-21(29)17-11-18(32-4)13-19(12-17)33-5/h11-14,16H,6-10H2,1-5H3,(H,24,29). The number of aromatic nitrogens is 2. The average molecular weight is 474 g/mol. The molecule has 1 aromatic heterocycles. The topological polar surface area (TPSA) is 115 Å². The van der Waals surface area contributed by atoms with Gasteiger partial charge in [-0.15, -0.1) is 0 Å². The van der Waals surface area contributed by atoms with Crippen molar-refractivity contribution in [2.45, 2.75) is 26.8 Å². The minimum Gasteiger partial charge on any atom is -0.497 e. The second kappa shape index (κ2) is 10.9. The molecular formula is C23H31N5O6. The van der Waals surface area contributed by atoms with Crippen LogP contribution in [0.2, 0.25) is 0 Å². The van der Waals surface area contributed by atoms with Gasteiger partial charge in [0.25, 0.3) is 5.91 Å². The van der Waals surface area contributed by atoms with Crippen molar-refractivity contribution < 1.29 is 28.6 Å². The van der Waals surface area contributed by atoms with Crippen LogP contribution in [0.25, 0.3) is 0 Å². The molecule has 3 amide bonds. The van der Waals surface area contributed by atoms with Gasteiger partial charge in [-0.05, 0) is 32.9 Å². The highest BCUT2D eigenvalue weighted by atomic mass is 16.6. The van der Waals surface area contributed by atoms with Crippen molar-refractivity contribution in [1.82, 2.24) is 19.6 Å². The molecule has 1 atom stereocenters. The van der Waals surface area contributed by atoms with Crippen molar-refractivity contribution in [2.75, 3.05) is 52.3 Å². The molecule has 1 N–H and O–H groups in total. The molecule has 0 spiro atoms. The Morgan fingerprint density at radius 2 is 1.62 bits per heavy atom. The predicted molar refractivity (Wildman–Crippen MR) is 124 cm³/mol. The Labute approximate surface area is 198 Å². The predicted octanol–water partition coefficient (Wildman–Crippen LogP) is 2.32. The fraction of sp³-hybridized carbons (Fsp3) is 0.478. The van der Waals surface area contributed by atoms with E-state index in [9.17, 15) is 14.4 Å². The van der Waals surface area contributed by atoms with E-state index in [2.05, 4.69) is 10.4 Å². The van der Waals surface area contributed by atoms with E-state index in [1.807, 2.05) is 0 Å². The maximum absolute atomic E-state index is 13.0. The highest BCUT2D eigenvalue weighted by molar-refractivity contribution is 6.05. The van der Waals surface area contributed by atoms with Crippen LogP contribution >= 0.6 is 0 Å². The number of nitrogens with one attached hydrogen (secondary N) is 1. The van der Waals surface area contributed by atoms with Crippen LogP contribution in [0.5, 0.6) is 11.5 Å². The molecule has 0 saturated carbocycles. The molecule has 1 unspecified atom stereocenters. The van der Waals surface area contributed by atoms with Crippen molar-refractivity contribution in [1.29, 1.82) is 0 Å². The smallest absolute Gasteiger partial charge is 0.409 e. The van der Waals surface area contributed by atoms with Gasteiger partial charge in [-0.2, -0.15) is 5.10 Å². The molecule has 0 radical (unpaired) electrons. The second-order valence-electron chi connectivity index (χ2n) is 7.85. The Balaban J connectivity index is 1.66. The van der Waals surface area contributed by atoms with E-state index in [1.54, 1.807) is 55.0 Å². The summed E-state index contributed by atoms with van der Waals surface area (Å²) in [5.74, 6) is 0.536. The Kier molecular flexibility index (Phi) is 7.98. The number of piperazine rings is 1. The first-order valence-corrected chi connectivity index (χ1v) is 11.1. The average Bonchev–Trinajstić information content (AvgIpc) is 3.22. The molecule has 2 aromatic rings. The highest BCUT2D eigenvalue weighted by Crippen LogP contribution is 2.24. The molecule has 1 aromatic carbocycles. The third-order valence-electron chi connectivity index (χ3n) is 5.65. The molecule has 1 fully saturated rings. The van der Waals surface area contributed by atoms with Crippen LogP contribution in [-0.2, 0) is 9.53 Å². The summed E-state index contributed by atoms with van der Waals surface area (Å²) in [7, 11) is 3.03. The third kappa shape index (κ3) is 5.59. The Bertz CT molecular complexity index is 1020. The van der Waals surface area contributed by atoms with Crippen LogP contribution < -0.4 is 14.8 Å². The molecule has 1 aliphatic rings. The summed E-state index contributed by atoms with van der Waals surface area (Å²) in [6, 6.07) is 4.33. The van der Waals surface area contributed by atoms with Gasteiger partial charge in [-0.3, -0.25) is 14.3 Å². The zero-order chi connectivity index (χ0) is 24.8. The Morgan fingerprint density at radius 3 is 2.18 bits per heavy atom. The maximum atomic E-state index is 13.0. The van der Waals surface area contributed by atoms with Gasteiger partial charge in [0.05, 0.1) is 32.2 Å². The first-order chi connectivity index (χ1) is 16.3. The molecule has 11 nitrogen and oxygen atoms in total. The number of carbonyl (C=O) groups is 3. The van der Waals surface area contributed by atoms with Crippen LogP contribution in [0.3, 0.4) is 0 Å². The number of methoxy groups -OCH3 is 2. The second-order valence-corrected chi connectivity index (χ2v) is 7.85. The first-order valence-electron chi connectivity index (χ1n) is 11.1. The van der Waals surface area contributed by atoms with E-state index in [0.717, 1.165) is 0 Å². The van der Waals surface area contributed by atoms with Gasteiger partial charge in [0.15, 0.2) is 0 Å². The number of benzene rings is 1. The molecule has 184 valence electrons. The van der Waals surface area contributed by atoms with Crippen molar-refractivity contribution in [3.63, 3.8) is 0 Å². The molecule has 1 saturated heterocycles. The quantitative estimate of drug-likeness (QED) is 0.656. The van der Waals surface area contributed by atoms with Crippen molar-refractivity contribution >= 4 is 23.6 Å². The Hall–Kier alpha value is -3.76. The van der Waals surface area contributed by atoms with Crippen LogP contribution in [-0.4, -0.2) is 84.5 Å². The van der Waals surface area contributed by atoms with Crippen molar-refractivity contribution in [2.24, 2.45) is 0 Å². The highest BCUT2D eigenvalue weighted by Gasteiger charge is 2.29. The number of aryl methyl sites for hydroxylation is 1. The fourth-order valence-corrected chi connectivity index (χ4v) is 3.64. The van der Waals surface area contributed by atoms with Gasteiger partial charge in [0, 0.05) is 44.0 Å². The molecular weight excluding hydrogens is 442 g/mol. The van der Waals surface area contributed by atoms with Gasteiger partial charge >= 0.3 is 6.09 Å². The lowest BCUT2D eigenvalue weighted by atomic mass is 10.2. The van der Waals surface area contributed by atoms with E-state index in [1.165, 1.54) is 18.9 Å². The lowest BCUT2D eigenvalue weighted by molar-refractivity contribution is -0.136. The van der Waals surface area contributed by atoms with Crippen LogP contribution in [0, 0.1) is 6.92 Å². The SMILES string of the molecule is CCOC(=O)N1CCN(C(=O)C(C)n2cc(NC(=O)c3cc(OC)cc(OC)c3)c(C)n2)CC1. The van der Waals surface area contributed by atoms with Gasteiger partial charge in [0.1, 0.15) is 17.5 Å². The Morgan fingerprint density at radius 1 is 1.03 bits per heavy atom. The van der Waals surface area contributed by atoms with Crippen molar-refractivity contribution in [3.8, 4) is 11.5 Å². The lowest BCUT2D eigenvalue weighted by Gasteiger charge is -2.35. The van der Waals surface area contributed by atoms with Crippen LogP contribution in [0.15, 0.2) is 24.4 Å². The number of anilines is 1. The molecule has 11 heteroatoms. The van der Waals surface area contributed by atoms with Gasteiger partial charge in [-0.1, -0.05) is 0 Å². The van der Waals surface area contributed by atoms with E-state index in [0.29, 0.717) is 61.2 Å². The van der Waals surface area contributed by atoms with E-state index >= 15 is 0 Å². The van der Waals surface area contributed by atoms with E-state index in [4.69, 9.17) is 14.2 Å². The molecule has 34 heavy (non-hydrogen) atoms. The number of hydrogen-bond acceptors (Lipinski definition) is 7. The zero-order valence-corrected chi connectivity index (χ0v) is 20.2. The minimum absolute atomic E-state index is 0.110. The molecule has 3 rings (SSSR count). The van der Waals surface area contributed by atoms with Gasteiger partial charge in [0.2, 0.25) is 5.91 Å². The fourth-order valence-electron chi connectivity index (χ4n) is 3.64. The lowest BCUT2D eigenvalue weighted by Crippen LogP contribution is -2.52. The summed E-state index contributed by atoms with van der Waals surface area (Å²) < 4.78 is 17.0. The molecule has 2 heterocycles. The normalized spacial score (nSPS) is 14.4. The number of amides is 3. The van der Waals surface area contributed by atoms with Crippen LogP contribution in [0.4, 0.5) is 10.5 Å². The van der Waals surface area contributed by atoms with Gasteiger partial charge in [-0.25, -0.2) is 4.79 Å². The van der Waals surface area contributed by atoms with Crippen LogP contribution in [0.1, 0.15) is 35.9 Å².